The van der Waals surface area contributed by atoms with E-state index in [0.717, 1.165) is 38.8 Å². The van der Waals surface area contributed by atoms with Gasteiger partial charge in [-0.1, -0.05) is 19.4 Å². The van der Waals surface area contributed by atoms with Crippen LogP contribution in [-0.4, -0.2) is 35.1 Å². The van der Waals surface area contributed by atoms with Gasteiger partial charge in [-0.2, -0.15) is 0 Å². The van der Waals surface area contributed by atoms with Crippen molar-refractivity contribution in [3.63, 3.8) is 0 Å². The molecule has 3 nitrogen and oxygen atoms in total. The predicted octanol–water partition coefficient (Wildman–Crippen LogP) is 2.53. The van der Waals surface area contributed by atoms with E-state index in [1.54, 1.807) is 0 Å². The number of carbonyl (C=O) groups is 1. The zero-order chi connectivity index (χ0) is 12.2. The molecule has 0 aromatic carbocycles. The predicted molar refractivity (Wildman–Crippen MR) is 65.4 cm³/mol. The second-order valence-corrected chi connectivity index (χ2v) is 4.85. The number of likely N-dealkylation sites (tertiary alicyclic amines) is 1. The Balaban J connectivity index is 2.62. The number of nitrogens with zero attached hydrogens (tertiary/aromatic N) is 1. The molecule has 16 heavy (non-hydrogen) atoms. The molecule has 0 aromatic heterocycles. The summed E-state index contributed by atoms with van der Waals surface area (Å²) in [5.74, 6) is -0.611. The van der Waals surface area contributed by atoms with E-state index in [-0.39, 0.29) is 0 Å². The molecule has 1 N–H and O–H groups in total. The molecule has 0 bridgehead atoms. The second-order valence-electron chi connectivity index (χ2n) is 4.85. The fourth-order valence-electron chi connectivity index (χ4n) is 2.56. The first-order valence-electron chi connectivity index (χ1n) is 6.16. The lowest BCUT2D eigenvalue weighted by molar-refractivity contribution is -0.152. The molecule has 1 rings (SSSR count). The molecule has 92 valence electrons. The Labute approximate surface area is 98.1 Å². The average molecular weight is 225 g/mol. The number of hydrogen-bond donors (Lipinski definition) is 1. The number of aliphatic carboxylic acids is 1. The average Bonchev–Trinajstić information content (AvgIpc) is 2.29. The van der Waals surface area contributed by atoms with Crippen LogP contribution in [0, 0.1) is 5.41 Å². The van der Waals surface area contributed by atoms with Crippen LogP contribution in [0.15, 0.2) is 12.7 Å². The van der Waals surface area contributed by atoms with E-state index in [4.69, 9.17) is 0 Å². The molecule has 1 aliphatic heterocycles. The van der Waals surface area contributed by atoms with Crippen LogP contribution in [0.5, 0.6) is 0 Å². The molecule has 1 fully saturated rings. The highest BCUT2D eigenvalue weighted by Crippen LogP contribution is 2.36. The van der Waals surface area contributed by atoms with Gasteiger partial charge in [0.05, 0.1) is 5.41 Å². The lowest BCUT2D eigenvalue weighted by Gasteiger charge is -2.40. The van der Waals surface area contributed by atoms with Crippen LogP contribution in [0.3, 0.4) is 0 Å². The first-order chi connectivity index (χ1) is 7.55. The van der Waals surface area contributed by atoms with Crippen molar-refractivity contribution in [3.8, 4) is 0 Å². The maximum Gasteiger partial charge on any atom is 0.309 e. The third-order valence-corrected chi connectivity index (χ3v) is 3.85. The van der Waals surface area contributed by atoms with Crippen LogP contribution >= 0.6 is 0 Å². The van der Waals surface area contributed by atoms with Crippen molar-refractivity contribution >= 4 is 5.97 Å². The summed E-state index contributed by atoms with van der Waals surface area (Å²) in [5.41, 5.74) is -0.466. The highest BCUT2D eigenvalue weighted by molar-refractivity contribution is 5.74. The van der Waals surface area contributed by atoms with Gasteiger partial charge in [-0.25, -0.2) is 0 Å². The number of hydrogen-bond acceptors (Lipinski definition) is 2. The first-order valence-corrected chi connectivity index (χ1v) is 6.16. The Bertz CT molecular complexity index is 255. The quantitative estimate of drug-likeness (QED) is 0.731. The van der Waals surface area contributed by atoms with Crippen LogP contribution in [0.4, 0.5) is 0 Å². The normalized spacial score (nSPS) is 22.6. The summed E-state index contributed by atoms with van der Waals surface area (Å²) in [4.78, 5) is 13.7. The number of carboxylic acids is 1. The molecular formula is C13H23NO2. The molecule has 0 aromatic rings. The van der Waals surface area contributed by atoms with E-state index in [1.807, 2.05) is 6.08 Å². The van der Waals surface area contributed by atoms with Crippen molar-refractivity contribution < 1.29 is 9.90 Å². The standard InChI is InChI=1S/C13H23NO2/c1-4-6-13(12(15)16)7-9-14(10-8-13)11(3)5-2/h5,11H,2,4,6-10H2,1,3H3,(H,15,16). The minimum Gasteiger partial charge on any atom is -0.481 e. The first kappa shape index (κ1) is 13.2. The second kappa shape index (κ2) is 5.48. The van der Waals surface area contributed by atoms with E-state index in [9.17, 15) is 9.90 Å². The molecular weight excluding hydrogens is 202 g/mol. The van der Waals surface area contributed by atoms with E-state index < -0.39 is 11.4 Å². The lowest BCUT2D eigenvalue weighted by atomic mass is 9.75. The van der Waals surface area contributed by atoms with Gasteiger partial charge in [-0.05, 0) is 39.3 Å². The van der Waals surface area contributed by atoms with Gasteiger partial charge in [0.1, 0.15) is 0 Å². The Hall–Kier alpha value is -0.830. The van der Waals surface area contributed by atoms with Crippen LogP contribution in [0.2, 0.25) is 0 Å². The number of carboxylic acid groups (broad SMARTS) is 1. The molecule has 1 unspecified atom stereocenters. The highest BCUT2D eigenvalue weighted by Gasteiger charge is 2.40. The molecule has 0 aliphatic carbocycles. The van der Waals surface area contributed by atoms with E-state index in [1.165, 1.54) is 0 Å². The minimum absolute atomic E-state index is 0.355. The largest absolute Gasteiger partial charge is 0.481 e. The van der Waals surface area contributed by atoms with Crippen LogP contribution < -0.4 is 0 Å². The van der Waals surface area contributed by atoms with Crippen molar-refractivity contribution in [2.45, 2.75) is 45.6 Å². The Kier molecular flexibility index (Phi) is 4.54. The zero-order valence-corrected chi connectivity index (χ0v) is 10.4. The monoisotopic (exact) mass is 225 g/mol. The maximum absolute atomic E-state index is 11.4. The summed E-state index contributed by atoms with van der Waals surface area (Å²) in [5, 5.41) is 9.36. The summed E-state index contributed by atoms with van der Waals surface area (Å²) in [6, 6.07) is 0.355. The fourth-order valence-corrected chi connectivity index (χ4v) is 2.56. The fraction of sp³-hybridized carbons (Fsp3) is 0.769. The molecule has 1 aliphatic rings. The molecule has 1 atom stereocenters. The van der Waals surface area contributed by atoms with Crippen LogP contribution in [-0.2, 0) is 4.79 Å². The van der Waals surface area contributed by atoms with Gasteiger partial charge in [0.15, 0.2) is 0 Å². The molecule has 0 spiro atoms. The summed E-state index contributed by atoms with van der Waals surface area (Å²) < 4.78 is 0. The lowest BCUT2D eigenvalue weighted by Crippen LogP contribution is -2.46. The highest BCUT2D eigenvalue weighted by atomic mass is 16.4. The smallest absolute Gasteiger partial charge is 0.309 e. The van der Waals surface area contributed by atoms with Gasteiger partial charge in [0, 0.05) is 6.04 Å². The molecule has 1 heterocycles. The third kappa shape index (κ3) is 2.64. The van der Waals surface area contributed by atoms with Crippen molar-refractivity contribution in [2.24, 2.45) is 5.41 Å². The summed E-state index contributed by atoms with van der Waals surface area (Å²) in [6.45, 7) is 9.71. The third-order valence-electron chi connectivity index (χ3n) is 3.85. The van der Waals surface area contributed by atoms with Crippen molar-refractivity contribution in [3.05, 3.63) is 12.7 Å². The maximum atomic E-state index is 11.4. The molecule has 0 radical (unpaired) electrons. The van der Waals surface area contributed by atoms with E-state index in [0.29, 0.717) is 6.04 Å². The van der Waals surface area contributed by atoms with Gasteiger partial charge in [0.25, 0.3) is 0 Å². The SMILES string of the molecule is C=CC(C)N1CCC(CCC)(C(=O)O)CC1. The van der Waals surface area contributed by atoms with Gasteiger partial charge in [0.2, 0.25) is 0 Å². The Morgan fingerprint density at radius 2 is 2.12 bits per heavy atom. The summed E-state index contributed by atoms with van der Waals surface area (Å²) >= 11 is 0. The molecule has 1 saturated heterocycles. The van der Waals surface area contributed by atoms with Crippen LogP contribution in [0.25, 0.3) is 0 Å². The van der Waals surface area contributed by atoms with Crippen molar-refractivity contribution in [1.82, 2.24) is 4.90 Å². The topological polar surface area (TPSA) is 40.5 Å². The summed E-state index contributed by atoms with van der Waals surface area (Å²) in [7, 11) is 0. The van der Waals surface area contributed by atoms with Crippen molar-refractivity contribution in [1.29, 1.82) is 0 Å². The molecule has 0 amide bonds. The van der Waals surface area contributed by atoms with E-state index in [2.05, 4.69) is 25.3 Å². The van der Waals surface area contributed by atoms with Gasteiger partial charge < -0.3 is 5.11 Å². The Morgan fingerprint density at radius 3 is 2.50 bits per heavy atom. The van der Waals surface area contributed by atoms with Gasteiger partial charge >= 0.3 is 5.97 Å². The zero-order valence-electron chi connectivity index (χ0n) is 10.4. The number of rotatable bonds is 5. The van der Waals surface area contributed by atoms with E-state index >= 15 is 0 Å². The number of piperidine rings is 1. The van der Waals surface area contributed by atoms with Crippen LogP contribution in [0.1, 0.15) is 39.5 Å². The minimum atomic E-state index is -0.611. The Morgan fingerprint density at radius 1 is 1.56 bits per heavy atom. The van der Waals surface area contributed by atoms with Crippen molar-refractivity contribution in [2.75, 3.05) is 13.1 Å². The molecule has 3 heteroatoms. The van der Waals surface area contributed by atoms with Gasteiger partial charge in [-0.3, -0.25) is 9.69 Å². The molecule has 0 saturated carbocycles. The van der Waals surface area contributed by atoms with Gasteiger partial charge in [-0.15, -0.1) is 6.58 Å². The summed E-state index contributed by atoms with van der Waals surface area (Å²) in [6.07, 6.45) is 5.22.